The third-order valence-electron chi connectivity index (χ3n) is 5.87. The number of benzene rings is 1. The highest BCUT2D eigenvalue weighted by molar-refractivity contribution is 6.16. The summed E-state index contributed by atoms with van der Waals surface area (Å²) in [6, 6.07) is 8.48. The van der Waals surface area contributed by atoms with Crippen LogP contribution in [0, 0.1) is 27.7 Å². The molecule has 0 saturated carbocycles. The highest BCUT2D eigenvalue weighted by Gasteiger charge is 2.36. The second kappa shape index (κ2) is 9.57. The molecule has 0 bridgehead atoms. The van der Waals surface area contributed by atoms with Crippen molar-refractivity contribution >= 4 is 18.0 Å². The molecule has 0 spiro atoms. The van der Waals surface area contributed by atoms with Crippen molar-refractivity contribution in [3.8, 4) is 5.69 Å². The zero-order valence-electron chi connectivity index (χ0n) is 20.0. The summed E-state index contributed by atoms with van der Waals surface area (Å²) >= 11 is 0. The van der Waals surface area contributed by atoms with Gasteiger partial charge in [-0.2, -0.15) is 0 Å². The predicted molar refractivity (Wildman–Crippen MR) is 126 cm³/mol. The van der Waals surface area contributed by atoms with Crippen LogP contribution in [-0.4, -0.2) is 48.7 Å². The lowest BCUT2D eigenvalue weighted by Gasteiger charge is -2.17. The first-order chi connectivity index (χ1) is 15.2. The van der Waals surface area contributed by atoms with E-state index >= 15 is 0 Å². The number of aromatic nitrogens is 1. The molecule has 0 fully saturated rings. The second-order valence-corrected chi connectivity index (χ2v) is 8.32. The van der Waals surface area contributed by atoms with Crippen molar-refractivity contribution < 1.29 is 19.1 Å². The molecule has 1 aromatic heterocycles. The average molecular weight is 437 g/mol. The first-order valence-corrected chi connectivity index (χ1v) is 10.8. The number of nitrogens with zero attached hydrogens (tertiary/aromatic N) is 2. The topological polar surface area (TPSA) is 60.8 Å². The Bertz CT molecular complexity index is 1100. The van der Waals surface area contributed by atoms with Crippen molar-refractivity contribution in [3.63, 3.8) is 0 Å². The Kier molecular flexibility index (Phi) is 7.04. The summed E-state index contributed by atoms with van der Waals surface area (Å²) in [7, 11) is 2.97. The van der Waals surface area contributed by atoms with Crippen molar-refractivity contribution in [1.82, 2.24) is 9.47 Å². The van der Waals surface area contributed by atoms with E-state index in [0.29, 0.717) is 36.4 Å². The van der Waals surface area contributed by atoms with E-state index in [2.05, 4.69) is 36.6 Å². The summed E-state index contributed by atoms with van der Waals surface area (Å²) in [4.78, 5) is 27.5. The number of carbonyl (C=O) groups excluding carboxylic acids is 2. The normalized spacial score (nSPS) is 15.3. The molecular weight excluding hydrogens is 404 g/mol. The SMILES string of the molecule is COCCCN1C(=O)/C(=C\c2cc(C)n(-c3cc(C)cc(C)c3)c2C)C(C(=O)OC)=C1C. The van der Waals surface area contributed by atoms with Crippen molar-refractivity contribution in [2.45, 2.75) is 41.0 Å². The molecule has 1 aliphatic heterocycles. The van der Waals surface area contributed by atoms with E-state index in [4.69, 9.17) is 9.47 Å². The largest absolute Gasteiger partial charge is 0.465 e. The fourth-order valence-electron chi connectivity index (χ4n) is 4.43. The van der Waals surface area contributed by atoms with Gasteiger partial charge in [0.1, 0.15) is 0 Å². The summed E-state index contributed by atoms with van der Waals surface area (Å²) in [5.41, 5.74) is 7.74. The zero-order chi connectivity index (χ0) is 23.6. The maximum absolute atomic E-state index is 13.3. The fourth-order valence-corrected chi connectivity index (χ4v) is 4.43. The van der Waals surface area contributed by atoms with Crippen LogP contribution in [-0.2, 0) is 19.1 Å². The van der Waals surface area contributed by atoms with Gasteiger partial charge in [-0.25, -0.2) is 4.79 Å². The van der Waals surface area contributed by atoms with E-state index in [0.717, 1.165) is 22.6 Å². The first kappa shape index (κ1) is 23.5. The molecule has 32 heavy (non-hydrogen) atoms. The molecule has 3 rings (SSSR count). The minimum Gasteiger partial charge on any atom is -0.465 e. The van der Waals surface area contributed by atoms with Gasteiger partial charge in [0.2, 0.25) is 0 Å². The van der Waals surface area contributed by atoms with Crippen LogP contribution in [0.25, 0.3) is 11.8 Å². The van der Waals surface area contributed by atoms with Crippen LogP contribution in [0.4, 0.5) is 0 Å². The van der Waals surface area contributed by atoms with Gasteiger partial charge in [0.05, 0.1) is 18.3 Å². The lowest BCUT2D eigenvalue weighted by molar-refractivity contribution is -0.136. The summed E-state index contributed by atoms with van der Waals surface area (Å²) in [6.45, 7) is 11.1. The highest BCUT2D eigenvalue weighted by Crippen LogP contribution is 2.33. The van der Waals surface area contributed by atoms with Crippen molar-refractivity contribution in [1.29, 1.82) is 0 Å². The number of carbonyl (C=O) groups is 2. The molecule has 170 valence electrons. The van der Waals surface area contributed by atoms with E-state index < -0.39 is 5.97 Å². The molecule has 0 N–H and O–H groups in total. The zero-order valence-corrected chi connectivity index (χ0v) is 20.0. The van der Waals surface area contributed by atoms with Crippen molar-refractivity contribution in [2.75, 3.05) is 27.4 Å². The summed E-state index contributed by atoms with van der Waals surface area (Å²) in [6.07, 6.45) is 2.50. The number of methoxy groups -OCH3 is 2. The van der Waals surface area contributed by atoms with Gasteiger partial charge in [-0.15, -0.1) is 0 Å². The van der Waals surface area contributed by atoms with E-state index in [9.17, 15) is 9.59 Å². The van der Waals surface area contributed by atoms with Gasteiger partial charge in [-0.3, -0.25) is 4.79 Å². The standard InChI is InChI=1S/C26H32N2O4/c1-16-11-17(2)13-22(12-16)28-18(3)14-21(19(28)4)15-23-24(26(30)32-7)20(5)27(25(23)29)9-8-10-31-6/h11-15H,8-10H2,1-7H3/b23-15-. The van der Waals surface area contributed by atoms with E-state index in [1.54, 1.807) is 18.9 Å². The van der Waals surface area contributed by atoms with Gasteiger partial charge in [0.15, 0.2) is 0 Å². The predicted octanol–water partition coefficient (Wildman–Crippen LogP) is 4.42. The number of hydrogen-bond donors (Lipinski definition) is 0. The Morgan fingerprint density at radius 3 is 2.25 bits per heavy atom. The molecule has 1 aliphatic rings. The molecular formula is C26H32N2O4. The Morgan fingerprint density at radius 2 is 1.66 bits per heavy atom. The molecule has 2 heterocycles. The van der Waals surface area contributed by atoms with Crippen LogP contribution in [0.15, 0.2) is 41.1 Å². The number of ether oxygens (including phenoxy) is 2. The second-order valence-electron chi connectivity index (χ2n) is 8.32. The Morgan fingerprint density at radius 1 is 1.00 bits per heavy atom. The maximum Gasteiger partial charge on any atom is 0.340 e. The smallest absolute Gasteiger partial charge is 0.340 e. The van der Waals surface area contributed by atoms with Gasteiger partial charge in [-0.05, 0) is 82.0 Å². The maximum atomic E-state index is 13.3. The van der Waals surface area contributed by atoms with Gasteiger partial charge < -0.3 is 18.9 Å². The molecule has 1 amide bonds. The van der Waals surface area contributed by atoms with Crippen molar-refractivity contribution in [2.24, 2.45) is 0 Å². The molecule has 1 aromatic carbocycles. The van der Waals surface area contributed by atoms with Crippen LogP contribution in [0.3, 0.4) is 0 Å². The lowest BCUT2D eigenvalue weighted by atomic mass is 10.0. The number of hydrogen-bond acceptors (Lipinski definition) is 4. The quantitative estimate of drug-likeness (QED) is 0.366. The molecule has 0 saturated heterocycles. The lowest BCUT2D eigenvalue weighted by Crippen LogP contribution is -2.26. The molecule has 0 aliphatic carbocycles. The van der Waals surface area contributed by atoms with Gasteiger partial charge in [0, 0.05) is 43.0 Å². The number of rotatable bonds is 7. The minimum atomic E-state index is -0.501. The van der Waals surface area contributed by atoms with Crippen LogP contribution in [0.5, 0.6) is 0 Å². The molecule has 6 heteroatoms. The van der Waals surface area contributed by atoms with E-state index in [1.165, 1.54) is 18.2 Å². The van der Waals surface area contributed by atoms with Crippen molar-refractivity contribution in [3.05, 3.63) is 69.2 Å². The Labute approximate surface area is 190 Å². The summed E-state index contributed by atoms with van der Waals surface area (Å²) in [5.74, 6) is -0.685. The Balaban J connectivity index is 2.08. The van der Waals surface area contributed by atoms with Gasteiger partial charge >= 0.3 is 5.97 Å². The van der Waals surface area contributed by atoms with Crippen LogP contribution in [0.1, 0.15) is 41.4 Å². The number of allylic oxidation sites excluding steroid dienone is 1. The monoisotopic (exact) mass is 436 g/mol. The van der Waals surface area contributed by atoms with E-state index in [-0.39, 0.29) is 5.91 Å². The molecule has 2 aromatic rings. The third kappa shape index (κ3) is 4.41. The molecule has 6 nitrogen and oxygen atoms in total. The third-order valence-corrected chi connectivity index (χ3v) is 5.87. The Hall–Kier alpha value is -3.12. The first-order valence-electron chi connectivity index (χ1n) is 10.8. The average Bonchev–Trinajstić information content (AvgIpc) is 3.14. The number of amides is 1. The van der Waals surface area contributed by atoms with Gasteiger partial charge in [0.25, 0.3) is 5.91 Å². The van der Waals surface area contributed by atoms with Crippen LogP contribution in [0.2, 0.25) is 0 Å². The summed E-state index contributed by atoms with van der Waals surface area (Å²) < 4.78 is 12.3. The summed E-state index contributed by atoms with van der Waals surface area (Å²) in [5, 5.41) is 0. The minimum absolute atomic E-state index is 0.185. The molecule has 0 radical (unpaired) electrons. The van der Waals surface area contributed by atoms with E-state index in [1.807, 2.05) is 26.0 Å². The van der Waals surface area contributed by atoms with Crippen LogP contribution < -0.4 is 0 Å². The van der Waals surface area contributed by atoms with Crippen LogP contribution >= 0.6 is 0 Å². The highest BCUT2D eigenvalue weighted by atomic mass is 16.5. The number of aryl methyl sites for hydroxylation is 3. The number of esters is 1. The van der Waals surface area contributed by atoms with Gasteiger partial charge in [-0.1, -0.05) is 6.07 Å². The molecule has 0 atom stereocenters. The molecule has 0 unspecified atom stereocenters. The fraction of sp³-hybridized carbons (Fsp3) is 0.385.